The van der Waals surface area contributed by atoms with Gasteiger partial charge in [0.15, 0.2) is 5.13 Å². The van der Waals surface area contributed by atoms with Crippen LogP contribution < -0.4 is 14.4 Å². The predicted molar refractivity (Wildman–Crippen MR) is 126 cm³/mol. The van der Waals surface area contributed by atoms with Crippen LogP contribution in [0.3, 0.4) is 0 Å². The van der Waals surface area contributed by atoms with Crippen molar-refractivity contribution in [2.75, 3.05) is 46.3 Å². The average molecular weight is 457 g/mol. The number of thiazole rings is 1. The SMILES string of the molecule is COc1ccc(OC)c2sc(N(CCN(C)C)C(=O)/C=C\c3ccc([N+](=O)[O-])cc3)nc12. The zero-order valence-electron chi connectivity index (χ0n) is 18.3. The van der Waals surface area contributed by atoms with Gasteiger partial charge in [0.05, 0.1) is 19.1 Å². The predicted octanol–water partition coefficient (Wildman–Crippen LogP) is 3.83. The number of carbonyl (C=O) groups excluding carboxylic acids is 1. The van der Waals surface area contributed by atoms with Crippen LogP contribution in [0.2, 0.25) is 0 Å². The normalized spacial score (nSPS) is 11.3. The van der Waals surface area contributed by atoms with Gasteiger partial charge in [-0.05, 0) is 50.0 Å². The summed E-state index contributed by atoms with van der Waals surface area (Å²) in [6.07, 6.45) is 3.07. The number of benzene rings is 2. The van der Waals surface area contributed by atoms with Crippen LogP contribution in [-0.2, 0) is 4.79 Å². The highest BCUT2D eigenvalue weighted by Crippen LogP contribution is 2.40. The van der Waals surface area contributed by atoms with Crippen LogP contribution >= 0.6 is 11.3 Å². The summed E-state index contributed by atoms with van der Waals surface area (Å²) in [5, 5.41) is 11.3. The fourth-order valence-corrected chi connectivity index (χ4v) is 4.06. The van der Waals surface area contributed by atoms with Gasteiger partial charge in [0, 0.05) is 31.3 Å². The third-order valence-corrected chi connectivity index (χ3v) is 5.78. The summed E-state index contributed by atoms with van der Waals surface area (Å²) in [7, 11) is 7.02. The smallest absolute Gasteiger partial charge is 0.269 e. The molecule has 1 amide bonds. The monoisotopic (exact) mass is 456 g/mol. The number of rotatable bonds is 9. The molecule has 0 aliphatic heterocycles. The van der Waals surface area contributed by atoms with Gasteiger partial charge >= 0.3 is 0 Å². The molecule has 0 radical (unpaired) electrons. The summed E-state index contributed by atoms with van der Waals surface area (Å²) in [5.41, 5.74) is 1.32. The Morgan fingerprint density at radius 3 is 2.34 bits per heavy atom. The van der Waals surface area contributed by atoms with E-state index < -0.39 is 4.92 Å². The number of carbonyl (C=O) groups is 1. The van der Waals surface area contributed by atoms with Gasteiger partial charge in [-0.3, -0.25) is 19.8 Å². The fourth-order valence-electron chi connectivity index (χ4n) is 2.95. The summed E-state index contributed by atoms with van der Waals surface area (Å²) in [6.45, 7) is 1.07. The van der Waals surface area contributed by atoms with Crippen molar-refractivity contribution in [3.63, 3.8) is 0 Å². The van der Waals surface area contributed by atoms with Gasteiger partial charge in [0.1, 0.15) is 21.7 Å². The van der Waals surface area contributed by atoms with Crippen molar-refractivity contribution in [1.29, 1.82) is 0 Å². The molecule has 0 fully saturated rings. The van der Waals surface area contributed by atoms with E-state index in [1.54, 1.807) is 43.4 Å². The van der Waals surface area contributed by atoms with E-state index in [1.165, 1.54) is 29.5 Å². The van der Waals surface area contributed by atoms with Crippen molar-refractivity contribution < 1.29 is 19.2 Å². The fraction of sp³-hybridized carbons (Fsp3) is 0.273. The lowest BCUT2D eigenvalue weighted by Crippen LogP contribution is -2.35. The number of nitro groups is 1. The first-order valence-corrected chi connectivity index (χ1v) is 10.6. The van der Waals surface area contributed by atoms with Crippen LogP contribution in [0.4, 0.5) is 10.8 Å². The molecule has 0 atom stereocenters. The van der Waals surface area contributed by atoms with Crippen molar-refractivity contribution in [1.82, 2.24) is 9.88 Å². The molecule has 9 nitrogen and oxygen atoms in total. The molecule has 32 heavy (non-hydrogen) atoms. The topological polar surface area (TPSA) is 98.0 Å². The highest BCUT2D eigenvalue weighted by Gasteiger charge is 2.21. The number of nitro benzene ring substituents is 1. The lowest BCUT2D eigenvalue weighted by atomic mass is 10.2. The van der Waals surface area contributed by atoms with E-state index in [-0.39, 0.29) is 11.6 Å². The molecular formula is C22H24N4O5S. The van der Waals surface area contributed by atoms with Gasteiger partial charge < -0.3 is 14.4 Å². The van der Waals surface area contributed by atoms with Gasteiger partial charge in [-0.2, -0.15) is 0 Å². The first kappa shape index (κ1) is 23.2. The summed E-state index contributed by atoms with van der Waals surface area (Å²) in [5.74, 6) is 1.01. The molecular weight excluding hydrogens is 432 g/mol. The van der Waals surface area contributed by atoms with E-state index in [4.69, 9.17) is 9.47 Å². The Bertz CT molecular complexity index is 1100. The van der Waals surface area contributed by atoms with Crippen molar-refractivity contribution in [2.45, 2.75) is 0 Å². The van der Waals surface area contributed by atoms with Crippen LogP contribution in [-0.4, -0.2) is 62.1 Å². The molecule has 0 spiro atoms. The van der Waals surface area contributed by atoms with E-state index in [1.807, 2.05) is 25.1 Å². The van der Waals surface area contributed by atoms with E-state index in [0.717, 1.165) is 4.70 Å². The maximum absolute atomic E-state index is 13.1. The minimum absolute atomic E-state index is 0.00143. The molecule has 3 aromatic rings. The molecule has 0 saturated heterocycles. The first-order valence-electron chi connectivity index (χ1n) is 9.74. The number of ether oxygens (including phenoxy) is 2. The Kier molecular flexibility index (Phi) is 7.39. The number of aromatic nitrogens is 1. The second-order valence-electron chi connectivity index (χ2n) is 7.12. The summed E-state index contributed by atoms with van der Waals surface area (Å²) < 4.78 is 11.7. The molecule has 2 aromatic carbocycles. The third-order valence-electron chi connectivity index (χ3n) is 4.69. The van der Waals surface area contributed by atoms with Gasteiger partial charge in [0.2, 0.25) is 0 Å². The van der Waals surface area contributed by atoms with Crippen molar-refractivity contribution >= 4 is 44.4 Å². The van der Waals surface area contributed by atoms with Crippen molar-refractivity contribution in [2.24, 2.45) is 0 Å². The number of methoxy groups -OCH3 is 2. The van der Waals surface area contributed by atoms with Gasteiger partial charge in [-0.1, -0.05) is 11.3 Å². The molecule has 0 bridgehead atoms. The molecule has 1 heterocycles. The number of fused-ring (bicyclic) bond motifs is 1. The molecule has 0 aliphatic carbocycles. The zero-order valence-corrected chi connectivity index (χ0v) is 19.1. The Hall–Kier alpha value is -3.50. The number of amides is 1. The third kappa shape index (κ3) is 5.21. The summed E-state index contributed by atoms with van der Waals surface area (Å²) in [4.78, 5) is 31.7. The number of likely N-dealkylation sites (N-methyl/N-ethyl adjacent to an activating group) is 1. The number of hydrogen-bond acceptors (Lipinski definition) is 8. The van der Waals surface area contributed by atoms with Crippen LogP contribution in [0, 0.1) is 10.1 Å². The number of non-ortho nitro benzene ring substituents is 1. The van der Waals surface area contributed by atoms with E-state index in [9.17, 15) is 14.9 Å². The Morgan fingerprint density at radius 2 is 1.75 bits per heavy atom. The zero-order chi connectivity index (χ0) is 23.3. The largest absolute Gasteiger partial charge is 0.495 e. The maximum Gasteiger partial charge on any atom is 0.269 e. The first-order chi connectivity index (χ1) is 15.3. The quantitative estimate of drug-likeness (QED) is 0.274. The lowest BCUT2D eigenvalue weighted by Gasteiger charge is -2.20. The highest BCUT2D eigenvalue weighted by atomic mass is 32.1. The molecule has 0 N–H and O–H groups in total. The molecule has 0 unspecified atom stereocenters. The molecule has 168 valence electrons. The summed E-state index contributed by atoms with van der Waals surface area (Å²) >= 11 is 1.35. The Labute approximate surface area is 189 Å². The van der Waals surface area contributed by atoms with Crippen LogP contribution in [0.5, 0.6) is 11.5 Å². The number of nitrogens with zero attached hydrogens (tertiary/aromatic N) is 4. The van der Waals surface area contributed by atoms with Crippen LogP contribution in [0.25, 0.3) is 16.3 Å². The van der Waals surface area contributed by atoms with Crippen LogP contribution in [0.15, 0.2) is 42.5 Å². The van der Waals surface area contributed by atoms with Crippen molar-refractivity contribution in [3.05, 3.63) is 58.2 Å². The molecule has 10 heteroatoms. The maximum atomic E-state index is 13.1. The minimum atomic E-state index is -0.461. The molecule has 1 aromatic heterocycles. The van der Waals surface area contributed by atoms with Gasteiger partial charge in [0.25, 0.3) is 11.6 Å². The minimum Gasteiger partial charge on any atom is -0.495 e. The molecule has 3 rings (SSSR count). The van der Waals surface area contributed by atoms with E-state index >= 15 is 0 Å². The Balaban J connectivity index is 1.93. The molecule has 0 aliphatic rings. The second-order valence-corrected chi connectivity index (χ2v) is 8.10. The second kappa shape index (κ2) is 10.2. The van der Waals surface area contributed by atoms with Gasteiger partial charge in [-0.15, -0.1) is 0 Å². The van der Waals surface area contributed by atoms with Crippen LogP contribution in [0.1, 0.15) is 5.56 Å². The number of anilines is 1. The Morgan fingerprint density at radius 1 is 1.09 bits per heavy atom. The number of hydrogen-bond donors (Lipinski definition) is 0. The molecule has 0 saturated carbocycles. The van der Waals surface area contributed by atoms with E-state index in [2.05, 4.69) is 4.98 Å². The van der Waals surface area contributed by atoms with E-state index in [0.29, 0.717) is 40.8 Å². The lowest BCUT2D eigenvalue weighted by molar-refractivity contribution is -0.384. The van der Waals surface area contributed by atoms with Gasteiger partial charge in [-0.25, -0.2) is 4.98 Å². The summed E-state index contributed by atoms with van der Waals surface area (Å²) in [6, 6.07) is 9.59. The average Bonchev–Trinajstić information content (AvgIpc) is 3.22. The standard InChI is InChI=1S/C22H24N4O5S/c1-24(2)13-14-25(19(27)12-7-15-5-8-16(9-6-15)26(28)29)22-23-20-17(30-3)10-11-18(31-4)21(20)32-22/h5-12H,13-14H2,1-4H3/b12-7-. The highest BCUT2D eigenvalue weighted by molar-refractivity contribution is 7.22. The van der Waals surface area contributed by atoms with Crippen molar-refractivity contribution in [3.8, 4) is 11.5 Å².